The summed E-state index contributed by atoms with van der Waals surface area (Å²) in [6.45, 7) is 19.9. The van der Waals surface area contributed by atoms with Gasteiger partial charge in [0.05, 0.1) is 6.04 Å². The average molecular weight is 704 g/mol. The van der Waals surface area contributed by atoms with Crippen LogP contribution in [0.1, 0.15) is 24.3 Å². The van der Waals surface area contributed by atoms with Crippen molar-refractivity contribution in [1.82, 2.24) is 25.4 Å². The third kappa shape index (κ3) is 10.8. The molecule has 3 atom stereocenters. The van der Waals surface area contributed by atoms with E-state index in [1.807, 2.05) is 46.2 Å². The lowest BCUT2D eigenvalue weighted by Gasteiger charge is -2.50. The molecule has 1 aromatic heterocycles. The summed E-state index contributed by atoms with van der Waals surface area (Å²) in [6, 6.07) is -1.19. The predicted octanol–water partition coefficient (Wildman–Crippen LogP) is 4.31. The topological polar surface area (TPSA) is 140 Å². The molecular weight excluding hydrogens is 659 g/mol. The average Bonchev–Trinajstić information content (AvgIpc) is 3.26. The Hall–Kier alpha value is -1.51. The lowest BCUT2D eigenvalue weighted by Crippen LogP contribution is -2.70. The fraction of sp³-hybridized carbons (Fsp3) is 0.692. The quantitative estimate of drug-likeness (QED) is 0.163. The highest BCUT2D eigenvalue weighted by Crippen LogP contribution is 2.42. The van der Waals surface area contributed by atoms with Crippen LogP contribution in [0.2, 0.25) is 58.9 Å². The Bertz CT molecular complexity index is 1260. The molecule has 2 amide bonds. The molecule has 17 heteroatoms. The Morgan fingerprint density at radius 3 is 2.26 bits per heavy atom. The molecule has 1 aromatic rings. The summed E-state index contributed by atoms with van der Waals surface area (Å²) >= 11 is 4.49. The van der Waals surface area contributed by atoms with Crippen LogP contribution in [0.5, 0.6) is 0 Å². The van der Waals surface area contributed by atoms with Gasteiger partial charge >= 0.3 is 11.9 Å². The van der Waals surface area contributed by atoms with Crippen molar-refractivity contribution < 1.29 is 28.0 Å². The molecule has 0 aliphatic carbocycles. The van der Waals surface area contributed by atoms with E-state index in [2.05, 4.69) is 40.1 Å². The van der Waals surface area contributed by atoms with Gasteiger partial charge in [-0.3, -0.25) is 19.3 Å². The number of hydrogen-bond donors (Lipinski definition) is 2. The first kappa shape index (κ1) is 36.0. The van der Waals surface area contributed by atoms with Crippen molar-refractivity contribution in [2.24, 2.45) is 0 Å². The van der Waals surface area contributed by atoms with Crippen LogP contribution in [0.4, 0.5) is 0 Å². The minimum absolute atomic E-state index is 0.175. The van der Waals surface area contributed by atoms with E-state index in [1.165, 1.54) is 39.8 Å². The molecule has 0 bridgehead atoms. The first-order chi connectivity index (χ1) is 19.7. The molecule has 1 fully saturated rings. The van der Waals surface area contributed by atoms with Gasteiger partial charge in [0.2, 0.25) is 22.5 Å². The third-order valence-corrected chi connectivity index (χ3v) is 12.3. The maximum absolute atomic E-state index is 13.4. The number of carbonyl (C=O) groups is 4. The summed E-state index contributed by atoms with van der Waals surface area (Å²) in [5, 5.41) is 11.6. The highest BCUT2D eigenvalue weighted by atomic mass is 32.2. The van der Waals surface area contributed by atoms with Gasteiger partial charge in [-0.2, -0.15) is 0 Å². The zero-order valence-electron chi connectivity index (χ0n) is 26.8. The van der Waals surface area contributed by atoms with E-state index in [0.717, 1.165) is 14.9 Å². The third-order valence-electron chi connectivity index (χ3n) is 6.03. The minimum atomic E-state index is -2.23. The van der Waals surface area contributed by atoms with Gasteiger partial charge in [-0.15, -0.1) is 22.0 Å². The van der Waals surface area contributed by atoms with E-state index < -0.39 is 42.9 Å². The van der Waals surface area contributed by atoms with Crippen molar-refractivity contribution >= 4 is 83.5 Å². The van der Waals surface area contributed by atoms with Gasteiger partial charge in [0.15, 0.2) is 4.34 Å². The number of thioether (sulfide) groups is 2. The summed E-state index contributed by atoms with van der Waals surface area (Å²) in [5.41, 5.74) is 1.10. The van der Waals surface area contributed by atoms with E-state index >= 15 is 0 Å². The van der Waals surface area contributed by atoms with Crippen LogP contribution in [-0.4, -0.2) is 92.7 Å². The summed E-state index contributed by atoms with van der Waals surface area (Å²) in [5.74, 6) is -0.308. The number of fused-ring (bicyclic) bond motifs is 1. The van der Waals surface area contributed by atoms with Gasteiger partial charge in [0, 0.05) is 17.9 Å². The van der Waals surface area contributed by atoms with Gasteiger partial charge < -0.3 is 19.2 Å². The van der Waals surface area contributed by atoms with Crippen molar-refractivity contribution in [3.63, 3.8) is 0 Å². The van der Waals surface area contributed by atoms with Gasteiger partial charge in [-0.1, -0.05) is 42.7 Å². The number of rotatable bonds is 14. The summed E-state index contributed by atoms with van der Waals surface area (Å²) in [4.78, 5) is 57.4. The van der Waals surface area contributed by atoms with Crippen molar-refractivity contribution in [3.8, 4) is 0 Å². The van der Waals surface area contributed by atoms with Crippen LogP contribution < -0.4 is 10.3 Å². The second-order valence-corrected chi connectivity index (χ2v) is 30.8. The number of nitrogens with zero attached hydrogens (tertiary/aromatic N) is 3. The SMILES string of the molecule is Cc1nnc(SCC2=C(C(=O)O[Si](C)(C)C)N3C(=O)C(NC(=O)CCCC(N[Si](C)(C)C)C(=O)O[Si](C)(C)C)C3SC2)s1. The number of aryl methyl sites for hydroxylation is 1. The largest absolute Gasteiger partial charge is 0.519 e. The Morgan fingerprint density at radius 1 is 1.05 bits per heavy atom. The van der Waals surface area contributed by atoms with Crippen LogP contribution in [0, 0.1) is 6.92 Å². The van der Waals surface area contributed by atoms with Crippen LogP contribution >= 0.6 is 34.9 Å². The highest BCUT2D eigenvalue weighted by Gasteiger charge is 2.54. The molecule has 2 aliphatic rings. The summed E-state index contributed by atoms with van der Waals surface area (Å²) < 4.78 is 12.4. The highest BCUT2D eigenvalue weighted by molar-refractivity contribution is 8.01. The van der Waals surface area contributed by atoms with E-state index in [1.54, 1.807) is 0 Å². The molecule has 2 aliphatic heterocycles. The standard InChI is InChI=1S/C26H45N5O6S3Si3/c1-16-28-29-26(40-16)39-15-17-14-38-23-20(22(33)31(23)21(17)25(35)37-43(8,9)10)27-19(32)13-11-12-18(30-41(2,3)4)24(34)36-42(5,6)7/h18,20,23,30H,11-15H2,1-10H3,(H,27,32). The lowest BCUT2D eigenvalue weighted by atomic mass is 10.0. The molecule has 43 heavy (non-hydrogen) atoms. The first-order valence-corrected chi connectivity index (χ1v) is 27.5. The maximum Gasteiger partial charge on any atom is 0.341 e. The molecule has 3 unspecified atom stereocenters. The molecule has 3 heterocycles. The fourth-order valence-electron chi connectivity index (χ4n) is 4.45. The molecule has 2 N–H and O–H groups in total. The number of nitrogens with one attached hydrogen (secondary N) is 2. The van der Waals surface area contributed by atoms with E-state index in [9.17, 15) is 19.2 Å². The van der Waals surface area contributed by atoms with Crippen LogP contribution in [0.25, 0.3) is 0 Å². The van der Waals surface area contributed by atoms with Gasteiger partial charge in [0.1, 0.15) is 30.4 Å². The Balaban J connectivity index is 1.64. The van der Waals surface area contributed by atoms with Crippen molar-refractivity contribution in [2.75, 3.05) is 11.5 Å². The first-order valence-electron chi connectivity index (χ1n) is 14.4. The number of hydrogen-bond acceptors (Lipinski definition) is 12. The minimum Gasteiger partial charge on any atom is -0.519 e. The van der Waals surface area contributed by atoms with Crippen molar-refractivity contribution in [2.45, 2.75) is 107 Å². The molecule has 240 valence electrons. The normalized spacial score (nSPS) is 19.9. The van der Waals surface area contributed by atoms with E-state index in [-0.39, 0.29) is 35.3 Å². The number of amides is 2. The molecule has 0 radical (unpaired) electrons. The molecule has 3 rings (SSSR count). The number of aromatic nitrogens is 2. The predicted molar refractivity (Wildman–Crippen MR) is 180 cm³/mol. The Labute approximate surface area is 270 Å². The summed E-state index contributed by atoms with van der Waals surface area (Å²) in [6.07, 6.45) is 1.11. The number of β-lactam (4-membered cyclic amide) rings is 1. The Morgan fingerprint density at radius 2 is 1.70 bits per heavy atom. The van der Waals surface area contributed by atoms with Gasteiger partial charge in [-0.05, 0) is 64.6 Å². The lowest BCUT2D eigenvalue weighted by molar-refractivity contribution is -0.150. The monoisotopic (exact) mass is 703 g/mol. The number of carbonyl (C=O) groups excluding carboxylic acids is 4. The molecular formula is C26H45N5O6S3Si3. The van der Waals surface area contributed by atoms with Crippen molar-refractivity contribution in [3.05, 3.63) is 16.3 Å². The zero-order chi connectivity index (χ0) is 32.3. The smallest absolute Gasteiger partial charge is 0.341 e. The molecule has 0 saturated carbocycles. The van der Waals surface area contributed by atoms with Crippen LogP contribution in [-0.2, 0) is 28.0 Å². The van der Waals surface area contributed by atoms with E-state index in [0.29, 0.717) is 24.3 Å². The second-order valence-electron chi connectivity index (χ2n) is 13.7. The molecule has 0 spiro atoms. The maximum atomic E-state index is 13.4. The van der Waals surface area contributed by atoms with Crippen LogP contribution in [0.3, 0.4) is 0 Å². The molecule has 0 aromatic carbocycles. The van der Waals surface area contributed by atoms with E-state index in [4.69, 9.17) is 8.85 Å². The van der Waals surface area contributed by atoms with Crippen LogP contribution in [0.15, 0.2) is 15.6 Å². The fourth-order valence-corrected chi connectivity index (χ4v) is 10.5. The summed E-state index contributed by atoms with van der Waals surface area (Å²) in [7, 11) is -6.07. The van der Waals surface area contributed by atoms with Gasteiger partial charge in [-0.25, -0.2) is 4.79 Å². The van der Waals surface area contributed by atoms with Crippen molar-refractivity contribution in [1.29, 1.82) is 0 Å². The van der Waals surface area contributed by atoms with Gasteiger partial charge in [0.25, 0.3) is 5.91 Å². The zero-order valence-corrected chi connectivity index (χ0v) is 32.2. The molecule has 1 saturated heterocycles. The molecule has 11 nitrogen and oxygen atoms in total. The Kier molecular flexibility index (Phi) is 11.9. The second kappa shape index (κ2) is 14.3.